The largest absolute Gasteiger partial charge is 0.508 e. The van der Waals surface area contributed by atoms with Crippen LogP contribution in [-0.2, 0) is 0 Å². The molecule has 3 aromatic rings. The molecule has 2 heterocycles. The molecule has 1 aliphatic rings. The number of para-hydroxylation sites is 1. The van der Waals surface area contributed by atoms with Crippen molar-refractivity contribution in [2.75, 3.05) is 17.6 Å². The van der Waals surface area contributed by atoms with E-state index in [1.807, 2.05) is 24.3 Å². The van der Waals surface area contributed by atoms with Crippen molar-refractivity contribution < 1.29 is 9.52 Å². The summed E-state index contributed by atoms with van der Waals surface area (Å²) in [6.07, 6.45) is 0. The summed E-state index contributed by atoms with van der Waals surface area (Å²) >= 11 is 5.07. The summed E-state index contributed by atoms with van der Waals surface area (Å²) in [5.41, 5.74) is 2.27. The van der Waals surface area contributed by atoms with E-state index in [2.05, 4.69) is 21.2 Å². The van der Waals surface area contributed by atoms with Crippen LogP contribution < -0.4 is 10.9 Å². The zero-order valence-electron chi connectivity index (χ0n) is 12.6. The van der Waals surface area contributed by atoms with E-state index in [-0.39, 0.29) is 16.6 Å². The molecule has 2 N–H and O–H groups in total. The molecule has 0 bridgehead atoms. The lowest BCUT2D eigenvalue weighted by Gasteiger charge is -2.18. The van der Waals surface area contributed by atoms with Crippen LogP contribution in [0.1, 0.15) is 16.4 Å². The van der Waals surface area contributed by atoms with Gasteiger partial charge in [0.1, 0.15) is 11.3 Å². The minimum Gasteiger partial charge on any atom is -0.508 e. The summed E-state index contributed by atoms with van der Waals surface area (Å²) in [6.45, 7) is 0.746. The predicted octanol–water partition coefficient (Wildman–Crippen LogP) is 4.51. The maximum absolute atomic E-state index is 12.7. The van der Waals surface area contributed by atoms with Crippen molar-refractivity contribution in [2.24, 2.45) is 0 Å². The number of benzene rings is 2. The molecule has 0 fully saturated rings. The van der Waals surface area contributed by atoms with Gasteiger partial charge in [-0.1, -0.05) is 28.1 Å². The molecule has 0 aliphatic carbocycles. The van der Waals surface area contributed by atoms with Gasteiger partial charge in [-0.3, -0.25) is 0 Å². The second-order valence-electron chi connectivity index (χ2n) is 5.56. The first-order valence-corrected chi connectivity index (χ1v) is 9.39. The van der Waals surface area contributed by atoms with E-state index in [1.54, 1.807) is 30.0 Å². The summed E-state index contributed by atoms with van der Waals surface area (Å²) in [5.74, 6) is 0.995. The maximum Gasteiger partial charge on any atom is 0.343 e. The number of phenols is 1. The number of fused-ring (bicyclic) bond motifs is 3. The monoisotopic (exact) mass is 403 g/mol. The zero-order valence-corrected chi connectivity index (χ0v) is 15.0. The zero-order chi connectivity index (χ0) is 16.7. The molecule has 4 nitrogen and oxygen atoms in total. The molecule has 0 spiro atoms. The van der Waals surface area contributed by atoms with Crippen molar-refractivity contribution in [1.82, 2.24) is 0 Å². The topological polar surface area (TPSA) is 62.5 Å². The van der Waals surface area contributed by atoms with Gasteiger partial charge in [-0.2, -0.15) is 0 Å². The van der Waals surface area contributed by atoms with Gasteiger partial charge in [-0.15, -0.1) is 11.8 Å². The molecule has 24 heavy (non-hydrogen) atoms. The van der Waals surface area contributed by atoms with Gasteiger partial charge in [-0.25, -0.2) is 4.79 Å². The minimum atomic E-state index is -0.366. The lowest BCUT2D eigenvalue weighted by atomic mass is 10.0. The number of hydrogen-bond acceptors (Lipinski definition) is 5. The minimum absolute atomic E-state index is 0.177. The van der Waals surface area contributed by atoms with Crippen LogP contribution in [0.25, 0.3) is 11.0 Å². The number of anilines is 1. The highest BCUT2D eigenvalue weighted by molar-refractivity contribution is 9.10. The molecule has 1 aliphatic heterocycles. The Balaban J connectivity index is 2.02. The van der Waals surface area contributed by atoms with Crippen LogP contribution in [0.15, 0.2) is 56.1 Å². The van der Waals surface area contributed by atoms with Crippen molar-refractivity contribution in [3.63, 3.8) is 0 Å². The molecule has 0 amide bonds. The van der Waals surface area contributed by atoms with Gasteiger partial charge in [0.15, 0.2) is 0 Å². The average Bonchev–Trinajstić information content (AvgIpc) is 2.80. The maximum atomic E-state index is 12.7. The first kappa shape index (κ1) is 15.6. The number of phenolic OH excluding ortho intramolecular Hbond substituents is 1. The first-order chi connectivity index (χ1) is 11.6. The third kappa shape index (κ3) is 2.59. The summed E-state index contributed by atoms with van der Waals surface area (Å²) < 4.78 is 6.40. The van der Waals surface area contributed by atoms with E-state index in [0.717, 1.165) is 27.8 Å². The fraction of sp³-hybridized carbons (Fsp3) is 0.167. The van der Waals surface area contributed by atoms with Crippen LogP contribution in [0, 0.1) is 0 Å². The van der Waals surface area contributed by atoms with Crippen molar-refractivity contribution in [3.8, 4) is 5.75 Å². The van der Waals surface area contributed by atoms with Crippen molar-refractivity contribution in [3.05, 3.63) is 68.5 Å². The van der Waals surface area contributed by atoms with Crippen LogP contribution in [0.5, 0.6) is 5.75 Å². The van der Waals surface area contributed by atoms with Crippen LogP contribution in [0.2, 0.25) is 0 Å². The van der Waals surface area contributed by atoms with Gasteiger partial charge in [0, 0.05) is 27.7 Å². The third-order valence-corrected chi connectivity index (χ3v) is 5.83. The van der Waals surface area contributed by atoms with Gasteiger partial charge in [0.2, 0.25) is 0 Å². The molecule has 6 heteroatoms. The Morgan fingerprint density at radius 2 is 2.08 bits per heavy atom. The molecule has 4 rings (SSSR count). The summed E-state index contributed by atoms with van der Waals surface area (Å²) in [6, 6.07) is 12.8. The third-order valence-electron chi connectivity index (χ3n) is 4.07. The van der Waals surface area contributed by atoms with E-state index in [4.69, 9.17) is 4.42 Å². The second-order valence-corrected chi connectivity index (χ2v) is 7.68. The Hall–Kier alpha value is -1.92. The van der Waals surface area contributed by atoms with Crippen LogP contribution >= 0.6 is 27.7 Å². The number of nitrogens with one attached hydrogen (secondary N) is 1. The fourth-order valence-electron chi connectivity index (χ4n) is 3.01. The number of halogens is 1. The molecule has 1 aromatic heterocycles. The highest BCUT2D eigenvalue weighted by atomic mass is 79.9. The summed E-state index contributed by atoms with van der Waals surface area (Å²) in [7, 11) is 0. The van der Waals surface area contributed by atoms with Crippen LogP contribution in [0.4, 0.5) is 5.69 Å². The van der Waals surface area contributed by atoms with Gasteiger partial charge in [-0.05, 0) is 30.3 Å². The van der Waals surface area contributed by atoms with Gasteiger partial charge >= 0.3 is 5.63 Å². The quantitative estimate of drug-likeness (QED) is 0.585. The Morgan fingerprint density at radius 1 is 1.25 bits per heavy atom. The van der Waals surface area contributed by atoms with Gasteiger partial charge in [0.25, 0.3) is 0 Å². The fourth-order valence-corrected chi connectivity index (χ4v) is 4.59. The Labute approximate surface area is 151 Å². The van der Waals surface area contributed by atoms with Crippen LogP contribution in [0.3, 0.4) is 0 Å². The van der Waals surface area contributed by atoms with E-state index in [9.17, 15) is 9.90 Å². The van der Waals surface area contributed by atoms with Crippen LogP contribution in [-0.4, -0.2) is 17.4 Å². The molecule has 122 valence electrons. The lowest BCUT2D eigenvalue weighted by Crippen LogP contribution is -2.14. The highest BCUT2D eigenvalue weighted by Crippen LogP contribution is 2.45. The first-order valence-electron chi connectivity index (χ1n) is 7.55. The molecule has 0 saturated carbocycles. The summed E-state index contributed by atoms with van der Waals surface area (Å²) in [5, 5.41) is 14.3. The molecule has 1 unspecified atom stereocenters. The normalized spacial score (nSPS) is 17.1. The Bertz CT molecular complexity index is 986. The molecule has 0 radical (unpaired) electrons. The molecule has 1 atom stereocenters. The number of aromatic hydroxyl groups is 1. The molecular formula is C18H14BrNO3S. The molecule has 2 aromatic carbocycles. The molecule has 0 saturated heterocycles. The second kappa shape index (κ2) is 6.18. The average molecular weight is 404 g/mol. The van der Waals surface area contributed by atoms with E-state index < -0.39 is 0 Å². The van der Waals surface area contributed by atoms with Crippen molar-refractivity contribution >= 4 is 44.3 Å². The Morgan fingerprint density at radius 3 is 2.96 bits per heavy atom. The summed E-state index contributed by atoms with van der Waals surface area (Å²) in [4.78, 5) is 12.7. The smallest absolute Gasteiger partial charge is 0.343 e. The van der Waals surface area contributed by atoms with E-state index in [0.29, 0.717) is 16.7 Å². The SMILES string of the molecule is O=c1oc2ccccc2c2c1C(c1cc(Br)ccc1O)SCCN2. The predicted molar refractivity (Wildman–Crippen MR) is 101 cm³/mol. The van der Waals surface area contributed by atoms with E-state index in [1.165, 1.54) is 0 Å². The number of thioether (sulfide) groups is 1. The van der Waals surface area contributed by atoms with Crippen molar-refractivity contribution in [2.45, 2.75) is 5.25 Å². The lowest BCUT2D eigenvalue weighted by molar-refractivity contribution is 0.468. The van der Waals surface area contributed by atoms with E-state index >= 15 is 0 Å². The molecular weight excluding hydrogens is 390 g/mol. The number of rotatable bonds is 1. The van der Waals surface area contributed by atoms with Crippen molar-refractivity contribution in [1.29, 1.82) is 0 Å². The number of hydrogen-bond donors (Lipinski definition) is 2. The highest BCUT2D eigenvalue weighted by Gasteiger charge is 2.29. The Kier molecular flexibility index (Phi) is 4.02. The van der Waals surface area contributed by atoms with Gasteiger partial charge in [0.05, 0.1) is 16.5 Å². The standard InChI is InChI=1S/C18H14BrNO3S/c19-10-5-6-13(21)12(9-10)17-15-16(20-7-8-24-17)11-3-1-2-4-14(11)23-18(15)22/h1-6,9,17,20-21H,7-8H2. The van der Waals surface area contributed by atoms with Gasteiger partial charge < -0.3 is 14.8 Å².